The van der Waals surface area contributed by atoms with E-state index in [1.54, 1.807) is 12.1 Å². The highest BCUT2D eigenvalue weighted by Gasteiger charge is 2.13. The van der Waals surface area contributed by atoms with Crippen LogP contribution in [0.4, 0.5) is 0 Å². The Hall–Kier alpha value is -0.910. The molecule has 0 atom stereocenters. The molecule has 0 saturated heterocycles. The van der Waals surface area contributed by atoms with Gasteiger partial charge in [0, 0.05) is 5.56 Å². The van der Waals surface area contributed by atoms with E-state index in [9.17, 15) is 9.59 Å². The number of hydrogen-bond acceptors (Lipinski definition) is 2. The average Bonchev–Trinajstić information content (AvgIpc) is 2.16. The number of rotatable bonds is 3. The summed E-state index contributed by atoms with van der Waals surface area (Å²) in [4.78, 5) is 22.0. The normalized spacial score (nSPS) is 9.62. The summed E-state index contributed by atoms with van der Waals surface area (Å²) in [6, 6.07) is 6.23. The monoisotopic (exact) mass is 290 g/mol. The van der Waals surface area contributed by atoms with Gasteiger partial charge in [-0.15, -0.1) is 0 Å². The first-order chi connectivity index (χ1) is 6.16. The van der Waals surface area contributed by atoms with Gasteiger partial charge in [-0.1, -0.05) is 40.8 Å². The Morgan fingerprint density at radius 1 is 1.23 bits per heavy atom. The highest BCUT2D eigenvalue weighted by atomic mass is 127. The Morgan fingerprint density at radius 3 is 2.23 bits per heavy atom. The first kappa shape index (κ1) is 10.2. The number of Topliss-reactive ketones (excluding diaryl/α,β-unsaturated/α-hetero) is 1. The molecule has 0 aromatic heterocycles. The van der Waals surface area contributed by atoms with Crippen molar-refractivity contribution in [1.29, 1.82) is 0 Å². The lowest BCUT2D eigenvalue weighted by Gasteiger charge is -2.01. The van der Waals surface area contributed by atoms with E-state index >= 15 is 0 Å². The molecule has 0 aliphatic carbocycles. The molecule has 1 N–H and O–H groups in total. The number of carboxylic acid groups (broad SMARTS) is 1. The van der Waals surface area contributed by atoms with Gasteiger partial charge in [-0.05, 0) is 6.07 Å². The minimum atomic E-state index is -1.06. The third-order valence-electron chi connectivity index (χ3n) is 1.58. The van der Waals surface area contributed by atoms with Crippen molar-refractivity contribution in [1.82, 2.24) is 0 Å². The van der Waals surface area contributed by atoms with E-state index in [1.807, 2.05) is 22.6 Å². The summed E-state index contributed by atoms with van der Waals surface area (Å²) in [7, 11) is 0. The van der Waals surface area contributed by atoms with Crippen LogP contribution >= 0.6 is 22.6 Å². The Morgan fingerprint density at radius 2 is 1.77 bits per heavy atom. The zero-order valence-electron chi connectivity index (χ0n) is 6.66. The fourth-order valence-corrected chi connectivity index (χ4v) is 1.40. The molecule has 0 amide bonds. The van der Waals surface area contributed by atoms with Crippen molar-refractivity contribution in [2.45, 2.75) is 0 Å². The summed E-state index contributed by atoms with van der Waals surface area (Å²) in [6.45, 7) is 0. The quantitative estimate of drug-likeness (QED) is 0.526. The number of hydrogen-bond donors (Lipinski definition) is 1. The lowest BCUT2D eigenvalue weighted by Crippen LogP contribution is -2.08. The number of alkyl halides is 1. The molecule has 3 nitrogen and oxygen atoms in total. The van der Waals surface area contributed by atoms with Gasteiger partial charge >= 0.3 is 5.97 Å². The van der Waals surface area contributed by atoms with Gasteiger partial charge in [-0.2, -0.15) is 0 Å². The molecule has 0 saturated carbocycles. The van der Waals surface area contributed by atoms with Crippen LogP contribution in [-0.4, -0.2) is 21.3 Å². The molecule has 13 heavy (non-hydrogen) atoms. The summed E-state index contributed by atoms with van der Waals surface area (Å²) in [6.07, 6.45) is 0. The lowest BCUT2D eigenvalue weighted by atomic mass is 10.1. The lowest BCUT2D eigenvalue weighted by molar-refractivity contribution is 0.0692. The van der Waals surface area contributed by atoms with Crippen molar-refractivity contribution in [2.24, 2.45) is 0 Å². The van der Waals surface area contributed by atoms with Gasteiger partial charge in [0.1, 0.15) is 0 Å². The van der Waals surface area contributed by atoms with Gasteiger partial charge in [-0.25, -0.2) is 4.79 Å². The highest BCUT2D eigenvalue weighted by molar-refractivity contribution is 14.1. The van der Waals surface area contributed by atoms with E-state index in [0.717, 1.165) is 0 Å². The maximum Gasteiger partial charge on any atom is 0.336 e. The minimum Gasteiger partial charge on any atom is -0.478 e. The third kappa shape index (κ3) is 2.27. The van der Waals surface area contributed by atoms with Crippen molar-refractivity contribution >= 4 is 34.3 Å². The van der Waals surface area contributed by atoms with Crippen LogP contribution in [0.3, 0.4) is 0 Å². The Balaban J connectivity index is 3.19. The molecule has 0 fully saturated rings. The van der Waals surface area contributed by atoms with E-state index in [0.29, 0.717) is 4.43 Å². The molecule has 0 aliphatic heterocycles. The molecule has 0 heterocycles. The summed E-state index contributed by atoms with van der Waals surface area (Å²) >= 11 is 1.91. The molecule has 0 aliphatic rings. The average molecular weight is 290 g/mol. The van der Waals surface area contributed by atoms with Crippen LogP contribution in [0.1, 0.15) is 20.7 Å². The first-order valence-corrected chi connectivity index (χ1v) is 5.11. The summed E-state index contributed by atoms with van der Waals surface area (Å²) in [5.41, 5.74) is 0.355. The van der Waals surface area contributed by atoms with Gasteiger partial charge in [0.2, 0.25) is 0 Å². The van der Waals surface area contributed by atoms with Crippen LogP contribution in [0.25, 0.3) is 0 Å². The molecule has 0 unspecified atom stereocenters. The number of halogens is 1. The van der Waals surface area contributed by atoms with Crippen molar-refractivity contribution in [3.8, 4) is 0 Å². The third-order valence-corrected chi connectivity index (χ3v) is 2.27. The van der Waals surface area contributed by atoms with Gasteiger partial charge < -0.3 is 5.11 Å². The number of carbonyl (C=O) groups is 2. The number of aromatic carboxylic acids is 1. The topological polar surface area (TPSA) is 54.4 Å². The van der Waals surface area contributed by atoms with Gasteiger partial charge in [0.15, 0.2) is 5.78 Å². The standard InChI is InChI=1S/C9H7IO3/c10-5-8(11)6-3-1-2-4-7(6)9(12)13/h1-4H,5H2,(H,12,13). The van der Waals surface area contributed by atoms with E-state index in [1.165, 1.54) is 12.1 Å². The number of ketones is 1. The predicted molar refractivity (Wildman–Crippen MR) is 56.6 cm³/mol. The van der Waals surface area contributed by atoms with Crippen LogP contribution in [-0.2, 0) is 0 Å². The Kier molecular flexibility index (Phi) is 3.41. The summed E-state index contributed by atoms with van der Waals surface area (Å²) in [5.74, 6) is -1.22. The van der Waals surface area contributed by atoms with E-state index < -0.39 is 5.97 Å². The first-order valence-electron chi connectivity index (χ1n) is 3.58. The van der Waals surface area contributed by atoms with Crippen LogP contribution in [0.2, 0.25) is 0 Å². The smallest absolute Gasteiger partial charge is 0.336 e. The van der Waals surface area contributed by atoms with Crippen LogP contribution in [0.15, 0.2) is 24.3 Å². The number of benzene rings is 1. The predicted octanol–water partition coefficient (Wildman–Crippen LogP) is 2.00. The second-order valence-electron chi connectivity index (χ2n) is 2.41. The Labute approximate surface area is 88.9 Å². The van der Waals surface area contributed by atoms with Crippen LogP contribution in [0, 0.1) is 0 Å². The summed E-state index contributed by atoms with van der Waals surface area (Å²) in [5, 5.41) is 8.76. The fourth-order valence-electron chi connectivity index (χ4n) is 0.985. The minimum absolute atomic E-state index is 0.0733. The Bertz CT molecular complexity index is 346. The molecular weight excluding hydrogens is 283 g/mol. The molecule has 0 radical (unpaired) electrons. The molecule has 68 valence electrons. The molecule has 1 aromatic carbocycles. The zero-order chi connectivity index (χ0) is 9.84. The maximum atomic E-state index is 11.3. The summed E-state index contributed by atoms with van der Waals surface area (Å²) < 4.78 is 0.294. The SMILES string of the molecule is O=C(O)c1ccccc1C(=O)CI. The molecule has 0 spiro atoms. The second-order valence-corrected chi connectivity index (χ2v) is 3.17. The van der Waals surface area contributed by atoms with Gasteiger partial charge in [-0.3, -0.25) is 4.79 Å². The zero-order valence-corrected chi connectivity index (χ0v) is 8.82. The van der Waals surface area contributed by atoms with E-state index in [2.05, 4.69) is 0 Å². The van der Waals surface area contributed by atoms with Crippen molar-refractivity contribution < 1.29 is 14.7 Å². The number of carbonyl (C=O) groups excluding carboxylic acids is 1. The van der Waals surface area contributed by atoms with Gasteiger partial charge in [0.05, 0.1) is 9.99 Å². The maximum absolute atomic E-state index is 11.3. The molecule has 1 rings (SSSR count). The van der Waals surface area contributed by atoms with Crippen molar-refractivity contribution in [2.75, 3.05) is 4.43 Å². The fraction of sp³-hybridized carbons (Fsp3) is 0.111. The van der Waals surface area contributed by atoms with Crippen molar-refractivity contribution in [3.63, 3.8) is 0 Å². The second kappa shape index (κ2) is 4.36. The van der Waals surface area contributed by atoms with Gasteiger partial charge in [0.25, 0.3) is 0 Å². The molecule has 1 aromatic rings. The van der Waals surface area contributed by atoms with Crippen LogP contribution in [0.5, 0.6) is 0 Å². The van der Waals surface area contributed by atoms with E-state index in [-0.39, 0.29) is 16.9 Å². The van der Waals surface area contributed by atoms with E-state index in [4.69, 9.17) is 5.11 Å². The van der Waals surface area contributed by atoms with Crippen molar-refractivity contribution in [3.05, 3.63) is 35.4 Å². The largest absolute Gasteiger partial charge is 0.478 e. The molecule has 0 bridgehead atoms. The molecule has 4 heteroatoms. The number of carboxylic acids is 1. The molecular formula is C9H7IO3. The highest BCUT2D eigenvalue weighted by Crippen LogP contribution is 2.10. The van der Waals surface area contributed by atoms with Crippen LogP contribution < -0.4 is 0 Å².